The first-order valence-electron chi connectivity index (χ1n) is 13.3. The molecule has 1 aromatic heterocycles. The summed E-state index contributed by atoms with van der Waals surface area (Å²) in [6.07, 6.45) is 0.783. The number of benzene rings is 3. The SMILES string of the molecule is COc1cccc(OC)c1C(=O)Nc1cccc(SCC(=O)Nc2sc3c(c2C#N)CCN(Cc2ccccc2)C3)c1. The van der Waals surface area contributed by atoms with Crippen LogP contribution in [0, 0.1) is 11.3 Å². The van der Waals surface area contributed by atoms with Gasteiger partial charge in [0.05, 0.1) is 25.5 Å². The molecule has 0 fully saturated rings. The van der Waals surface area contributed by atoms with Gasteiger partial charge in [-0.15, -0.1) is 23.1 Å². The van der Waals surface area contributed by atoms with Crippen molar-refractivity contribution < 1.29 is 19.1 Å². The van der Waals surface area contributed by atoms with Crippen LogP contribution in [0.15, 0.2) is 77.7 Å². The van der Waals surface area contributed by atoms with Gasteiger partial charge in [0.1, 0.15) is 28.1 Å². The lowest BCUT2D eigenvalue weighted by molar-refractivity contribution is -0.113. The normalized spacial score (nSPS) is 12.6. The molecule has 8 nitrogen and oxygen atoms in total. The van der Waals surface area contributed by atoms with Crippen molar-refractivity contribution in [2.24, 2.45) is 0 Å². The molecular weight excluding hydrogens is 569 g/mol. The topological polar surface area (TPSA) is 104 Å². The number of hydrogen-bond donors (Lipinski definition) is 2. The van der Waals surface area contributed by atoms with Crippen molar-refractivity contribution in [3.05, 3.63) is 99.9 Å². The fourth-order valence-electron chi connectivity index (χ4n) is 4.88. The zero-order chi connectivity index (χ0) is 29.5. The first-order chi connectivity index (χ1) is 20.5. The molecule has 0 spiro atoms. The third kappa shape index (κ3) is 6.77. The molecule has 4 aromatic rings. The minimum atomic E-state index is -0.364. The van der Waals surface area contributed by atoms with E-state index in [0.717, 1.165) is 41.4 Å². The summed E-state index contributed by atoms with van der Waals surface area (Å²) in [6.45, 7) is 2.48. The first kappa shape index (κ1) is 29.2. The van der Waals surface area contributed by atoms with Crippen LogP contribution < -0.4 is 20.1 Å². The molecule has 0 atom stereocenters. The Morgan fingerprint density at radius 2 is 1.74 bits per heavy atom. The average Bonchev–Trinajstić information content (AvgIpc) is 3.36. The molecule has 2 N–H and O–H groups in total. The Hall–Kier alpha value is -4.30. The van der Waals surface area contributed by atoms with E-state index < -0.39 is 0 Å². The monoisotopic (exact) mass is 598 g/mol. The molecule has 10 heteroatoms. The molecule has 0 unspecified atom stereocenters. The number of ether oxygens (including phenoxy) is 2. The summed E-state index contributed by atoms with van der Waals surface area (Å²) in [5, 5.41) is 16.3. The van der Waals surface area contributed by atoms with E-state index >= 15 is 0 Å². The smallest absolute Gasteiger partial charge is 0.263 e. The predicted octanol–water partition coefficient (Wildman–Crippen LogP) is 6.18. The molecule has 0 bridgehead atoms. The summed E-state index contributed by atoms with van der Waals surface area (Å²) in [6, 6.07) is 25.1. The molecule has 214 valence electrons. The number of amides is 2. The summed E-state index contributed by atoms with van der Waals surface area (Å²) in [4.78, 5) is 30.3. The van der Waals surface area contributed by atoms with Crippen LogP contribution in [0.4, 0.5) is 10.7 Å². The number of nitrogens with zero attached hydrogens (tertiary/aromatic N) is 2. The van der Waals surface area contributed by atoms with Crippen molar-refractivity contribution in [1.29, 1.82) is 5.26 Å². The number of carbonyl (C=O) groups is 2. The van der Waals surface area contributed by atoms with E-state index in [0.29, 0.717) is 33.3 Å². The molecule has 5 rings (SSSR count). The summed E-state index contributed by atoms with van der Waals surface area (Å²) < 4.78 is 10.7. The molecule has 3 aromatic carbocycles. The van der Waals surface area contributed by atoms with E-state index in [1.165, 1.54) is 42.9 Å². The van der Waals surface area contributed by atoms with E-state index in [-0.39, 0.29) is 17.6 Å². The van der Waals surface area contributed by atoms with Gasteiger partial charge in [0.25, 0.3) is 5.91 Å². The van der Waals surface area contributed by atoms with Gasteiger partial charge < -0.3 is 20.1 Å². The van der Waals surface area contributed by atoms with E-state index in [9.17, 15) is 14.9 Å². The second kappa shape index (κ2) is 13.6. The average molecular weight is 599 g/mol. The van der Waals surface area contributed by atoms with Crippen LogP contribution in [0.5, 0.6) is 11.5 Å². The van der Waals surface area contributed by atoms with Gasteiger partial charge in [0.15, 0.2) is 0 Å². The quantitative estimate of drug-likeness (QED) is 0.210. The Balaban J connectivity index is 1.20. The lowest BCUT2D eigenvalue weighted by Crippen LogP contribution is -2.29. The second-order valence-electron chi connectivity index (χ2n) is 9.62. The Bertz CT molecular complexity index is 1610. The number of nitrogens with one attached hydrogen (secondary N) is 2. The molecule has 1 aliphatic heterocycles. The Morgan fingerprint density at radius 1 is 1.00 bits per heavy atom. The van der Waals surface area contributed by atoms with Crippen LogP contribution in [0.2, 0.25) is 0 Å². The number of fused-ring (bicyclic) bond motifs is 1. The number of anilines is 2. The van der Waals surface area contributed by atoms with Crippen molar-refractivity contribution in [2.75, 3.05) is 37.2 Å². The lowest BCUT2D eigenvalue weighted by atomic mass is 10.0. The largest absolute Gasteiger partial charge is 0.496 e. The minimum Gasteiger partial charge on any atom is -0.496 e. The number of thiophene rings is 1. The van der Waals surface area contributed by atoms with Gasteiger partial charge >= 0.3 is 0 Å². The van der Waals surface area contributed by atoms with E-state index in [2.05, 4.69) is 33.7 Å². The highest BCUT2D eigenvalue weighted by molar-refractivity contribution is 8.00. The summed E-state index contributed by atoms with van der Waals surface area (Å²) >= 11 is 2.84. The minimum absolute atomic E-state index is 0.158. The lowest BCUT2D eigenvalue weighted by Gasteiger charge is -2.26. The number of nitriles is 1. The van der Waals surface area contributed by atoms with E-state index in [1.807, 2.05) is 36.4 Å². The van der Waals surface area contributed by atoms with E-state index in [4.69, 9.17) is 9.47 Å². The molecule has 0 saturated heterocycles. The molecule has 0 aliphatic carbocycles. The third-order valence-electron chi connectivity index (χ3n) is 6.87. The fourth-order valence-corrected chi connectivity index (χ4v) is 6.89. The van der Waals surface area contributed by atoms with Crippen molar-refractivity contribution >= 4 is 45.6 Å². The number of methoxy groups -OCH3 is 2. The van der Waals surface area contributed by atoms with Crippen molar-refractivity contribution in [3.63, 3.8) is 0 Å². The fraction of sp³-hybridized carbons (Fsp3) is 0.219. The molecular formula is C32H30N4O4S2. The highest BCUT2D eigenvalue weighted by Gasteiger charge is 2.25. The zero-order valence-corrected chi connectivity index (χ0v) is 24.9. The predicted molar refractivity (Wildman–Crippen MR) is 167 cm³/mol. The Morgan fingerprint density at radius 3 is 2.45 bits per heavy atom. The zero-order valence-electron chi connectivity index (χ0n) is 23.3. The molecule has 2 amide bonds. The number of rotatable bonds is 10. The summed E-state index contributed by atoms with van der Waals surface area (Å²) in [5.74, 6) is 0.419. The maximum absolute atomic E-state index is 13.0. The van der Waals surface area contributed by atoms with Gasteiger partial charge in [-0.3, -0.25) is 14.5 Å². The van der Waals surface area contributed by atoms with Gasteiger partial charge in [-0.05, 0) is 47.9 Å². The van der Waals surface area contributed by atoms with E-state index in [1.54, 1.807) is 24.3 Å². The van der Waals surface area contributed by atoms with Crippen LogP contribution in [0.3, 0.4) is 0 Å². The number of thioether (sulfide) groups is 1. The highest BCUT2D eigenvalue weighted by atomic mass is 32.2. The Kier molecular flexibility index (Phi) is 9.44. The molecule has 1 aliphatic rings. The maximum atomic E-state index is 13.0. The second-order valence-corrected chi connectivity index (χ2v) is 11.8. The maximum Gasteiger partial charge on any atom is 0.263 e. The van der Waals surface area contributed by atoms with Gasteiger partial charge in [-0.1, -0.05) is 42.5 Å². The van der Waals surface area contributed by atoms with Gasteiger partial charge in [0, 0.05) is 35.1 Å². The van der Waals surface area contributed by atoms with Crippen molar-refractivity contribution in [3.8, 4) is 17.6 Å². The molecule has 42 heavy (non-hydrogen) atoms. The van der Waals surface area contributed by atoms with Crippen LogP contribution in [0.1, 0.15) is 31.9 Å². The highest BCUT2D eigenvalue weighted by Crippen LogP contribution is 2.37. The van der Waals surface area contributed by atoms with Gasteiger partial charge in [0.2, 0.25) is 5.91 Å². The molecule has 2 heterocycles. The van der Waals surface area contributed by atoms with Crippen LogP contribution in [-0.2, 0) is 24.3 Å². The first-order valence-corrected chi connectivity index (χ1v) is 15.1. The summed E-state index contributed by atoms with van der Waals surface area (Å²) in [5.41, 5.74) is 3.76. The molecule has 0 radical (unpaired) electrons. The van der Waals surface area contributed by atoms with Crippen molar-refractivity contribution in [2.45, 2.75) is 24.4 Å². The number of carbonyl (C=O) groups excluding carboxylic acids is 2. The van der Waals surface area contributed by atoms with Crippen LogP contribution in [0.25, 0.3) is 0 Å². The number of hydrogen-bond acceptors (Lipinski definition) is 8. The van der Waals surface area contributed by atoms with Crippen LogP contribution >= 0.6 is 23.1 Å². The summed E-state index contributed by atoms with van der Waals surface area (Å²) in [7, 11) is 3.00. The van der Waals surface area contributed by atoms with Gasteiger partial charge in [-0.2, -0.15) is 5.26 Å². The van der Waals surface area contributed by atoms with Crippen molar-refractivity contribution in [1.82, 2.24) is 4.90 Å². The third-order valence-corrected chi connectivity index (χ3v) is 8.99. The standard InChI is InChI=1S/C32H30N4O4S2/c1-39-26-12-7-13-27(40-2)30(26)31(38)34-22-10-6-11-23(16-22)41-20-29(37)35-32-25(17-33)24-14-15-36(19-28(24)42-32)18-21-8-4-3-5-9-21/h3-13,16H,14-15,18-20H2,1-2H3,(H,34,38)(H,35,37). The molecule has 0 saturated carbocycles. The van der Waals surface area contributed by atoms with Crippen LogP contribution in [-0.4, -0.2) is 43.2 Å². The van der Waals surface area contributed by atoms with Gasteiger partial charge in [-0.25, -0.2) is 0 Å². The Labute approximate surface area is 253 Å².